The summed E-state index contributed by atoms with van der Waals surface area (Å²) in [5.74, 6) is -6.07. The molecule has 6 radical (unpaired) electrons. The molecule has 0 aliphatic rings. The van der Waals surface area contributed by atoms with Crippen molar-refractivity contribution in [3.63, 3.8) is 0 Å². The van der Waals surface area contributed by atoms with Crippen LogP contribution < -0.4 is 20.4 Å². The van der Waals surface area contributed by atoms with Crippen LogP contribution in [0.1, 0.15) is 37.8 Å². The SMILES string of the molecule is CC[CH2][Sn+4][CH2]CC.O=C([O-])/C=C(/Cc1ccccc1)C(=O)[O-].O=C([O-])/C=C(/Cc1ccccc1)C(=O)[O-]. The molecule has 0 heterocycles. The summed E-state index contributed by atoms with van der Waals surface area (Å²) in [7, 11) is 0. The molecule has 0 unspecified atom stereocenters. The fraction of sp³-hybridized carbons (Fsp3) is 0.286. The zero-order valence-electron chi connectivity index (χ0n) is 20.9. The summed E-state index contributed by atoms with van der Waals surface area (Å²) in [5.41, 5.74) is 0.797. The zero-order chi connectivity index (χ0) is 28.1. The molecule has 2 aromatic rings. The number of benzene rings is 2. The molecule has 0 saturated carbocycles. The van der Waals surface area contributed by atoms with Crippen molar-refractivity contribution in [3.05, 3.63) is 95.1 Å². The molecule has 0 aliphatic carbocycles. The van der Waals surface area contributed by atoms with E-state index >= 15 is 0 Å². The Hall–Kier alpha value is -3.40. The smallest absolute Gasteiger partial charge is 0.0678 e. The predicted molar refractivity (Wildman–Crippen MR) is 132 cm³/mol. The second-order valence-corrected chi connectivity index (χ2v) is 11.9. The Balaban J connectivity index is 0.000000563. The van der Waals surface area contributed by atoms with Crippen LogP contribution in [0.4, 0.5) is 0 Å². The Morgan fingerprint density at radius 3 is 1.19 bits per heavy atom. The van der Waals surface area contributed by atoms with E-state index < -0.39 is 23.9 Å². The van der Waals surface area contributed by atoms with Crippen LogP contribution in [-0.4, -0.2) is 45.0 Å². The average Bonchev–Trinajstić information content (AvgIpc) is 2.85. The Bertz CT molecular complexity index is 947. The van der Waals surface area contributed by atoms with Gasteiger partial charge in [0, 0.05) is 0 Å². The minimum absolute atomic E-state index is 0.0111. The van der Waals surface area contributed by atoms with E-state index in [1.165, 1.54) is 12.8 Å². The average molecular weight is 613 g/mol. The van der Waals surface area contributed by atoms with Crippen molar-refractivity contribution < 1.29 is 39.6 Å². The van der Waals surface area contributed by atoms with Crippen molar-refractivity contribution >= 4 is 45.0 Å². The number of carboxylic acids is 4. The molecule has 0 aromatic heterocycles. The minimum atomic E-state index is -1.54. The molecule has 0 aliphatic heterocycles. The molecule has 0 amide bonds. The van der Waals surface area contributed by atoms with Gasteiger partial charge in [-0.05, 0) is 47.3 Å². The molecular formula is C28H30O8Sn. The molecule has 0 saturated heterocycles. The molecule has 194 valence electrons. The maximum atomic E-state index is 10.6. The van der Waals surface area contributed by atoms with Gasteiger partial charge in [-0.25, -0.2) is 0 Å². The van der Waals surface area contributed by atoms with Gasteiger partial charge in [-0.3, -0.25) is 0 Å². The largest absolute Gasteiger partial charge is 0.545 e. The van der Waals surface area contributed by atoms with Gasteiger partial charge in [0.05, 0.1) is 23.9 Å². The first-order valence-electron chi connectivity index (χ1n) is 11.6. The van der Waals surface area contributed by atoms with Gasteiger partial charge in [-0.2, -0.15) is 0 Å². The fourth-order valence-electron chi connectivity index (χ4n) is 2.76. The van der Waals surface area contributed by atoms with Crippen LogP contribution in [0.15, 0.2) is 84.0 Å². The van der Waals surface area contributed by atoms with Gasteiger partial charge in [0.25, 0.3) is 0 Å². The van der Waals surface area contributed by atoms with E-state index in [0.29, 0.717) is 23.3 Å². The summed E-state index contributed by atoms with van der Waals surface area (Å²) in [6.07, 6.45) is 3.98. The summed E-state index contributed by atoms with van der Waals surface area (Å²) in [6, 6.07) is 17.3. The molecule has 0 N–H and O–H groups in total. The molecule has 8 nitrogen and oxygen atoms in total. The van der Waals surface area contributed by atoms with Crippen molar-refractivity contribution in [1.82, 2.24) is 0 Å². The third kappa shape index (κ3) is 18.5. The molecule has 37 heavy (non-hydrogen) atoms. The topological polar surface area (TPSA) is 161 Å². The first-order valence-corrected chi connectivity index (χ1v) is 15.7. The van der Waals surface area contributed by atoms with E-state index in [0.717, 1.165) is 0 Å². The number of hydrogen-bond donors (Lipinski definition) is 0. The minimum Gasteiger partial charge on any atom is -0.545 e. The maximum absolute atomic E-state index is 10.6. The van der Waals surface area contributed by atoms with Gasteiger partial charge in [0.1, 0.15) is 0 Å². The van der Waals surface area contributed by atoms with Gasteiger partial charge in [0.2, 0.25) is 0 Å². The predicted octanol–water partition coefficient (Wildman–Crippen LogP) is -0.342. The molecule has 0 atom stereocenters. The molecular weight excluding hydrogens is 583 g/mol. The molecule has 0 bridgehead atoms. The first-order chi connectivity index (χ1) is 17.6. The van der Waals surface area contributed by atoms with Crippen LogP contribution in [-0.2, 0) is 32.0 Å². The molecule has 9 heteroatoms. The van der Waals surface area contributed by atoms with E-state index in [4.69, 9.17) is 0 Å². The van der Waals surface area contributed by atoms with E-state index in [9.17, 15) is 39.6 Å². The van der Waals surface area contributed by atoms with Crippen LogP contribution in [0.5, 0.6) is 0 Å². The third-order valence-corrected chi connectivity index (χ3v) is 9.31. The van der Waals surface area contributed by atoms with E-state index in [2.05, 4.69) is 13.8 Å². The third-order valence-electron chi connectivity index (χ3n) is 4.44. The van der Waals surface area contributed by atoms with E-state index in [-0.39, 0.29) is 45.1 Å². The summed E-state index contributed by atoms with van der Waals surface area (Å²) in [5, 5.41) is 41.6. The van der Waals surface area contributed by atoms with Crippen molar-refractivity contribution in [3.8, 4) is 0 Å². The van der Waals surface area contributed by atoms with Crippen LogP contribution >= 0.6 is 0 Å². The monoisotopic (exact) mass is 614 g/mol. The Morgan fingerprint density at radius 2 is 0.946 bits per heavy atom. The zero-order valence-corrected chi connectivity index (χ0v) is 23.8. The Kier molecular flexibility index (Phi) is 18.8. The standard InChI is InChI=1S/2C11H10O4.2C3H7.Sn/c2*12-10(13)7-9(11(14)15)6-8-4-2-1-3-5-8;2*1-3-2;/h2*1-5,7H,6H2,(H,12,13)(H,14,15);2*1,3H2,2H3;/q;;;;+4/p-4/b2*9-7-;;;. The number of carbonyl (C=O) groups is 4. The van der Waals surface area contributed by atoms with Crippen molar-refractivity contribution in [1.29, 1.82) is 0 Å². The number of hydrogen-bond acceptors (Lipinski definition) is 8. The van der Waals surface area contributed by atoms with Gasteiger partial charge in [-0.15, -0.1) is 0 Å². The number of aliphatic carboxylic acids is 4. The normalized spacial score (nSPS) is 10.8. The Labute approximate surface area is 227 Å². The van der Waals surface area contributed by atoms with Crippen LogP contribution in [0.2, 0.25) is 8.87 Å². The van der Waals surface area contributed by atoms with Crippen molar-refractivity contribution in [2.45, 2.75) is 48.4 Å². The van der Waals surface area contributed by atoms with Crippen molar-refractivity contribution in [2.24, 2.45) is 0 Å². The molecule has 0 fully saturated rings. The second-order valence-electron chi connectivity index (χ2n) is 7.63. The van der Waals surface area contributed by atoms with Crippen LogP contribution in [0.25, 0.3) is 0 Å². The first kappa shape index (κ1) is 33.6. The van der Waals surface area contributed by atoms with Gasteiger partial charge in [0.15, 0.2) is 0 Å². The second kappa shape index (κ2) is 20.8. The molecule has 0 spiro atoms. The molecule has 2 rings (SSSR count). The molecule has 2 aromatic carbocycles. The van der Waals surface area contributed by atoms with E-state index in [1.54, 1.807) is 69.5 Å². The van der Waals surface area contributed by atoms with Crippen LogP contribution in [0, 0.1) is 0 Å². The quantitative estimate of drug-likeness (QED) is 0.179. The van der Waals surface area contributed by atoms with Gasteiger partial charge >= 0.3 is 56.7 Å². The summed E-state index contributed by atoms with van der Waals surface area (Å²) in [6.45, 7) is 4.58. The summed E-state index contributed by atoms with van der Waals surface area (Å²) >= 11 is 0.181. The number of carboxylic acid groups (broad SMARTS) is 4. The number of carbonyl (C=O) groups excluding carboxylic acids is 4. The van der Waals surface area contributed by atoms with Crippen molar-refractivity contribution in [2.75, 3.05) is 0 Å². The fourth-order valence-corrected chi connectivity index (χ4v) is 5.49. The maximum Gasteiger partial charge on any atom is 0.0678 e. The summed E-state index contributed by atoms with van der Waals surface area (Å²) in [4.78, 5) is 41.6. The Morgan fingerprint density at radius 1 is 0.622 bits per heavy atom. The number of rotatable bonds is 12. The van der Waals surface area contributed by atoms with Gasteiger partial charge in [-0.1, -0.05) is 60.7 Å². The van der Waals surface area contributed by atoms with Crippen LogP contribution in [0.3, 0.4) is 0 Å². The summed E-state index contributed by atoms with van der Waals surface area (Å²) < 4.78 is 3.19. The van der Waals surface area contributed by atoms with E-state index in [1.807, 2.05) is 0 Å². The van der Waals surface area contributed by atoms with Gasteiger partial charge < -0.3 is 39.6 Å².